The van der Waals surface area contributed by atoms with Gasteiger partial charge in [-0.05, 0) is 24.3 Å². The molecule has 1 aromatic carbocycles. The third kappa shape index (κ3) is 3.26. The van der Waals surface area contributed by atoms with Crippen LogP contribution < -0.4 is 4.74 Å². The summed E-state index contributed by atoms with van der Waals surface area (Å²) in [5.41, 5.74) is 0. The summed E-state index contributed by atoms with van der Waals surface area (Å²) in [7, 11) is -2.32. The number of hydrogen-bond donors (Lipinski definition) is 0. The lowest BCUT2D eigenvalue weighted by molar-refractivity contribution is -0.127. The number of ether oxygens (including phenoxy) is 1. The largest absolute Gasteiger partial charge is 0.495 e. The van der Waals surface area contributed by atoms with Crippen LogP contribution in [0.5, 0.6) is 5.75 Å². The lowest BCUT2D eigenvalue weighted by atomic mass is 10.3. The van der Waals surface area contributed by atoms with Gasteiger partial charge in [-0.15, -0.1) is 0 Å². The number of benzene rings is 1. The Morgan fingerprint density at radius 2 is 1.95 bits per heavy atom. The van der Waals surface area contributed by atoms with Gasteiger partial charge in [0.1, 0.15) is 10.6 Å². The number of hydrogen-bond acceptors (Lipinski definition) is 4. The van der Waals surface area contributed by atoms with Crippen LogP contribution in [0.1, 0.15) is 0 Å². The summed E-state index contributed by atoms with van der Waals surface area (Å²) < 4.78 is 31.9. The highest BCUT2D eigenvalue weighted by atomic mass is 35.5. The number of methoxy groups -OCH3 is 1. The molecule has 1 aromatic rings. The second-order valence-corrected chi connectivity index (χ2v) is 7.07. The zero-order valence-electron chi connectivity index (χ0n) is 12.2. The molecule has 1 saturated heterocycles. The summed E-state index contributed by atoms with van der Waals surface area (Å²) in [6, 6.07) is 4.46. The van der Waals surface area contributed by atoms with Crippen molar-refractivity contribution in [1.29, 1.82) is 0 Å². The van der Waals surface area contributed by atoms with Gasteiger partial charge < -0.3 is 9.64 Å². The van der Waals surface area contributed by atoms with Crippen LogP contribution in [0.3, 0.4) is 0 Å². The summed E-state index contributed by atoms with van der Waals surface area (Å²) >= 11 is 5.90. The first-order valence-corrected chi connectivity index (χ1v) is 8.47. The topological polar surface area (TPSA) is 66.9 Å². The van der Waals surface area contributed by atoms with Crippen LogP contribution in [0.4, 0.5) is 0 Å². The third-order valence-electron chi connectivity index (χ3n) is 3.47. The molecule has 0 N–H and O–H groups in total. The van der Waals surface area contributed by atoms with Gasteiger partial charge in [-0.25, -0.2) is 8.42 Å². The van der Waals surface area contributed by atoms with E-state index in [-0.39, 0.29) is 29.6 Å². The molecule has 1 aliphatic heterocycles. The Bertz CT molecular complexity index is 682. The molecule has 0 atom stereocenters. The Morgan fingerprint density at radius 1 is 1.32 bits per heavy atom. The highest BCUT2D eigenvalue weighted by molar-refractivity contribution is 7.89. The molecule has 8 heteroatoms. The van der Waals surface area contributed by atoms with Crippen LogP contribution in [-0.4, -0.2) is 56.8 Å². The lowest BCUT2D eigenvalue weighted by Crippen LogP contribution is -2.50. The molecule has 120 valence electrons. The van der Waals surface area contributed by atoms with Crippen molar-refractivity contribution >= 4 is 27.5 Å². The van der Waals surface area contributed by atoms with Crippen LogP contribution in [0, 0.1) is 0 Å². The van der Waals surface area contributed by atoms with E-state index in [1.165, 1.54) is 29.6 Å². The lowest BCUT2D eigenvalue weighted by Gasteiger charge is -2.33. The minimum atomic E-state index is -3.72. The third-order valence-corrected chi connectivity index (χ3v) is 5.62. The number of amides is 1. The summed E-state index contributed by atoms with van der Waals surface area (Å²) in [4.78, 5) is 13.1. The van der Waals surface area contributed by atoms with Gasteiger partial charge in [0.25, 0.3) is 0 Å². The van der Waals surface area contributed by atoms with Gasteiger partial charge in [-0.2, -0.15) is 4.31 Å². The second-order valence-electron chi connectivity index (χ2n) is 4.73. The quantitative estimate of drug-likeness (QED) is 0.774. The molecule has 1 fully saturated rings. The summed E-state index contributed by atoms with van der Waals surface area (Å²) in [6.07, 6.45) is 1.23. The monoisotopic (exact) mass is 344 g/mol. The van der Waals surface area contributed by atoms with E-state index in [1.54, 1.807) is 11.0 Å². The van der Waals surface area contributed by atoms with Crippen molar-refractivity contribution in [2.45, 2.75) is 4.90 Å². The standard InChI is InChI=1S/C14H17ClN2O4S/c1-3-14(18)16-6-8-17(9-7-16)22(19,20)13-10-11(15)4-5-12(13)21-2/h3-5,10H,1,6-9H2,2H3. The van der Waals surface area contributed by atoms with E-state index in [9.17, 15) is 13.2 Å². The van der Waals surface area contributed by atoms with Gasteiger partial charge in [0, 0.05) is 31.2 Å². The van der Waals surface area contributed by atoms with Crippen molar-refractivity contribution in [1.82, 2.24) is 9.21 Å². The Morgan fingerprint density at radius 3 is 2.50 bits per heavy atom. The van der Waals surface area contributed by atoms with E-state index in [2.05, 4.69) is 6.58 Å². The van der Waals surface area contributed by atoms with Crippen molar-refractivity contribution in [2.75, 3.05) is 33.3 Å². The van der Waals surface area contributed by atoms with Crippen LogP contribution >= 0.6 is 11.6 Å². The number of rotatable bonds is 4. The van der Waals surface area contributed by atoms with E-state index >= 15 is 0 Å². The van der Waals surface area contributed by atoms with Crippen LogP contribution in [0.15, 0.2) is 35.7 Å². The number of nitrogens with zero attached hydrogens (tertiary/aromatic N) is 2. The fourth-order valence-electron chi connectivity index (χ4n) is 2.27. The molecule has 0 spiro atoms. The van der Waals surface area contributed by atoms with Gasteiger partial charge in [0.15, 0.2) is 0 Å². The summed E-state index contributed by atoms with van der Waals surface area (Å²) in [5, 5.41) is 0.319. The Hall–Kier alpha value is -1.57. The fraction of sp³-hybridized carbons (Fsp3) is 0.357. The van der Waals surface area contributed by atoms with E-state index in [1.807, 2.05) is 0 Å². The van der Waals surface area contributed by atoms with Crippen molar-refractivity contribution < 1.29 is 17.9 Å². The predicted molar refractivity (Wildman–Crippen MR) is 83.5 cm³/mol. The molecule has 1 aliphatic rings. The normalized spacial score (nSPS) is 16.4. The number of halogens is 1. The molecule has 0 unspecified atom stereocenters. The maximum Gasteiger partial charge on any atom is 0.246 e. The summed E-state index contributed by atoms with van der Waals surface area (Å²) in [5.74, 6) is 0.0476. The zero-order chi connectivity index (χ0) is 16.3. The minimum absolute atomic E-state index is 0.0333. The Labute approximate surface area is 135 Å². The zero-order valence-corrected chi connectivity index (χ0v) is 13.7. The maximum absolute atomic E-state index is 12.7. The van der Waals surface area contributed by atoms with Gasteiger partial charge in [0.2, 0.25) is 15.9 Å². The van der Waals surface area contributed by atoms with Crippen LogP contribution in [0.25, 0.3) is 0 Å². The Balaban J connectivity index is 2.24. The SMILES string of the molecule is C=CC(=O)N1CCN(S(=O)(=O)c2cc(Cl)ccc2OC)CC1. The van der Waals surface area contributed by atoms with E-state index in [0.29, 0.717) is 18.1 Å². The molecule has 0 bridgehead atoms. The van der Waals surface area contributed by atoms with Crippen molar-refractivity contribution in [3.8, 4) is 5.75 Å². The number of carbonyl (C=O) groups excluding carboxylic acids is 1. The molecule has 6 nitrogen and oxygen atoms in total. The highest BCUT2D eigenvalue weighted by Gasteiger charge is 2.31. The number of piperazine rings is 1. The first-order chi connectivity index (χ1) is 10.4. The molecular weight excluding hydrogens is 328 g/mol. The van der Waals surface area contributed by atoms with E-state index < -0.39 is 10.0 Å². The maximum atomic E-state index is 12.7. The molecule has 0 radical (unpaired) electrons. The molecule has 1 heterocycles. The van der Waals surface area contributed by atoms with Gasteiger partial charge in [-0.1, -0.05) is 18.2 Å². The summed E-state index contributed by atoms with van der Waals surface area (Å²) in [6.45, 7) is 4.52. The number of sulfonamides is 1. The van der Waals surface area contributed by atoms with Crippen molar-refractivity contribution in [3.63, 3.8) is 0 Å². The minimum Gasteiger partial charge on any atom is -0.495 e. The average molecular weight is 345 g/mol. The predicted octanol–water partition coefficient (Wildman–Crippen LogP) is 1.37. The second kappa shape index (κ2) is 6.68. The molecular formula is C14H17ClN2O4S. The fourth-order valence-corrected chi connectivity index (χ4v) is 4.11. The molecule has 0 saturated carbocycles. The van der Waals surface area contributed by atoms with Crippen molar-refractivity contribution in [2.24, 2.45) is 0 Å². The van der Waals surface area contributed by atoms with Gasteiger partial charge in [0.05, 0.1) is 7.11 Å². The number of carbonyl (C=O) groups is 1. The average Bonchev–Trinajstić information content (AvgIpc) is 2.54. The Kier molecular flexibility index (Phi) is 5.10. The first-order valence-electron chi connectivity index (χ1n) is 6.65. The molecule has 0 aliphatic carbocycles. The molecule has 2 rings (SSSR count). The van der Waals surface area contributed by atoms with E-state index in [4.69, 9.17) is 16.3 Å². The molecule has 1 amide bonds. The smallest absolute Gasteiger partial charge is 0.246 e. The first kappa shape index (κ1) is 16.8. The van der Waals surface area contributed by atoms with Gasteiger partial charge in [-0.3, -0.25) is 4.79 Å². The highest BCUT2D eigenvalue weighted by Crippen LogP contribution is 2.30. The molecule has 0 aromatic heterocycles. The molecule has 22 heavy (non-hydrogen) atoms. The van der Waals surface area contributed by atoms with Crippen LogP contribution in [-0.2, 0) is 14.8 Å². The van der Waals surface area contributed by atoms with Crippen molar-refractivity contribution in [3.05, 3.63) is 35.9 Å². The van der Waals surface area contributed by atoms with Crippen LogP contribution in [0.2, 0.25) is 5.02 Å². The van der Waals surface area contributed by atoms with Gasteiger partial charge >= 0.3 is 0 Å². The van der Waals surface area contributed by atoms with E-state index in [0.717, 1.165) is 0 Å².